The molecular weight excluding hydrogens is 544 g/mol. The number of ether oxygens (including phenoxy) is 6. The number of rotatable bonds is 13. The molecule has 0 spiro atoms. The summed E-state index contributed by atoms with van der Waals surface area (Å²) in [6.45, 7) is 2.56. The van der Waals surface area contributed by atoms with Crippen molar-refractivity contribution in [1.29, 1.82) is 0 Å². The topological polar surface area (TPSA) is 92.7 Å². The van der Waals surface area contributed by atoms with E-state index in [4.69, 9.17) is 33.5 Å². The third kappa shape index (κ3) is 9.70. The van der Waals surface area contributed by atoms with Gasteiger partial charge in [0.1, 0.15) is 18.5 Å². The van der Waals surface area contributed by atoms with Crippen LogP contribution in [0.5, 0.6) is 5.75 Å². The first-order valence-electron chi connectivity index (χ1n) is 15.5. The summed E-state index contributed by atoms with van der Waals surface area (Å²) < 4.78 is 37.5. The zero-order chi connectivity index (χ0) is 28.3. The maximum Gasteiger partial charge on any atom is 0.313 e. The summed E-state index contributed by atoms with van der Waals surface area (Å²) in [4.78, 5) is 11.0. The molecule has 4 fully saturated rings. The van der Waals surface area contributed by atoms with Gasteiger partial charge in [-0.05, 0) is 81.1 Å². The lowest BCUT2D eigenvalue weighted by molar-refractivity contribution is -0.193. The molecular formula is C32H46O8S. The number of hydrogen-bond acceptors (Lipinski definition) is 8. The van der Waals surface area contributed by atoms with Crippen LogP contribution in [0, 0.1) is 17.8 Å². The van der Waals surface area contributed by atoms with Crippen molar-refractivity contribution in [1.82, 2.24) is 0 Å². The predicted octanol–water partition coefficient (Wildman–Crippen LogP) is 5.69. The van der Waals surface area contributed by atoms with Gasteiger partial charge in [0.15, 0.2) is 12.6 Å². The average molecular weight is 591 g/mol. The second-order valence-corrected chi connectivity index (χ2v) is 12.7. The fourth-order valence-corrected chi connectivity index (χ4v) is 7.29. The summed E-state index contributed by atoms with van der Waals surface area (Å²) >= 11 is 1.49. The number of para-hydroxylation sites is 1. The van der Waals surface area contributed by atoms with Crippen LogP contribution >= 0.6 is 11.8 Å². The summed E-state index contributed by atoms with van der Waals surface area (Å²) in [5, 5.41) is 9.03. The molecule has 8 nitrogen and oxygen atoms in total. The molecule has 41 heavy (non-hydrogen) atoms. The zero-order valence-corrected chi connectivity index (χ0v) is 24.8. The lowest BCUT2D eigenvalue weighted by atomic mass is 9.87. The van der Waals surface area contributed by atoms with Crippen LogP contribution in [-0.4, -0.2) is 79.9 Å². The van der Waals surface area contributed by atoms with Gasteiger partial charge in [-0.1, -0.05) is 30.4 Å². The minimum atomic E-state index is -0.761. The van der Waals surface area contributed by atoms with Gasteiger partial charge in [0.25, 0.3) is 0 Å². The van der Waals surface area contributed by atoms with Crippen LogP contribution in [0.1, 0.15) is 57.8 Å². The molecule has 5 rings (SSSR count). The maximum absolute atomic E-state index is 11.0. The average Bonchev–Trinajstić information content (AvgIpc) is 3.19. The summed E-state index contributed by atoms with van der Waals surface area (Å²) in [7, 11) is 0. The van der Waals surface area contributed by atoms with Crippen LogP contribution in [0.15, 0.2) is 42.5 Å². The molecule has 2 unspecified atom stereocenters. The van der Waals surface area contributed by atoms with Crippen molar-refractivity contribution < 1.29 is 38.3 Å². The second-order valence-electron chi connectivity index (χ2n) is 11.7. The van der Waals surface area contributed by atoms with Gasteiger partial charge in [-0.15, -0.1) is 11.8 Å². The summed E-state index contributed by atoms with van der Waals surface area (Å²) in [5.41, 5.74) is 0. The number of hydrogen-bond donors (Lipinski definition) is 1. The third-order valence-electron chi connectivity index (χ3n) is 8.53. The Morgan fingerprint density at radius 1 is 1.00 bits per heavy atom. The highest BCUT2D eigenvalue weighted by Crippen LogP contribution is 2.44. The first-order valence-corrected chi connectivity index (χ1v) is 16.6. The normalized spacial score (nSPS) is 33.2. The Labute approximate surface area is 248 Å². The van der Waals surface area contributed by atoms with E-state index in [2.05, 4.69) is 12.2 Å². The highest BCUT2D eigenvalue weighted by Gasteiger charge is 2.45. The van der Waals surface area contributed by atoms with E-state index in [0.29, 0.717) is 25.0 Å². The quantitative estimate of drug-likeness (QED) is 0.291. The molecule has 1 aliphatic carbocycles. The third-order valence-corrected chi connectivity index (χ3v) is 9.69. The minimum absolute atomic E-state index is 0.0175. The number of thioether (sulfide) groups is 1. The lowest BCUT2D eigenvalue weighted by Crippen LogP contribution is -2.32. The molecule has 9 heteroatoms. The first-order chi connectivity index (χ1) is 20.1. The SMILES string of the molecule is O=C(O)CSC[C@H]1CC[C@@H]2[C@@H](/C=C/[C@H](COc3ccccc3)OC3CCCCO3)[C@H](OC3CCCCO3)C[C@@H]2OC1. The standard InChI is InChI=1S/C32H46O8S/c33-30(34)22-41-21-23-12-14-26-27(29(18-28(26)38-19-23)40-32-11-5-7-17-36-32)15-13-25(39-31-10-4-6-16-35-31)20-37-24-8-2-1-3-9-24/h1-3,8-9,13,15,23,25-29,31-32H,4-7,10-12,14,16-22H2,(H,33,34)/b15-13+/t23-,25+,26+,27+,28-,29+,31?,32?/m0/s1. The molecule has 0 radical (unpaired) electrons. The molecule has 1 aromatic rings. The molecule has 228 valence electrons. The Morgan fingerprint density at radius 3 is 2.51 bits per heavy atom. The molecule has 0 amide bonds. The van der Waals surface area contributed by atoms with Crippen LogP contribution in [0.4, 0.5) is 0 Å². The van der Waals surface area contributed by atoms with Crippen molar-refractivity contribution in [3.63, 3.8) is 0 Å². The van der Waals surface area contributed by atoms with E-state index < -0.39 is 5.97 Å². The number of carboxylic acid groups (broad SMARTS) is 1. The minimum Gasteiger partial charge on any atom is -0.491 e. The van der Waals surface area contributed by atoms with E-state index in [0.717, 1.165) is 82.5 Å². The number of aliphatic carboxylic acids is 1. The van der Waals surface area contributed by atoms with Gasteiger partial charge in [0.2, 0.25) is 0 Å². The van der Waals surface area contributed by atoms with Gasteiger partial charge < -0.3 is 33.5 Å². The second kappa shape index (κ2) is 16.3. The highest BCUT2D eigenvalue weighted by atomic mass is 32.2. The van der Waals surface area contributed by atoms with E-state index in [-0.39, 0.29) is 42.6 Å². The molecule has 1 N–H and O–H groups in total. The van der Waals surface area contributed by atoms with Crippen LogP contribution in [0.2, 0.25) is 0 Å². The number of carbonyl (C=O) groups is 1. The fourth-order valence-electron chi connectivity index (χ4n) is 6.40. The summed E-state index contributed by atoms with van der Waals surface area (Å²) in [5.74, 6) is 1.89. The van der Waals surface area contributed by atoms with Gasteiger partial charge in [-0.2, -0.15) is 0 Å². The van der Waals surface area contributed by atoms with Crippen LogP contribution in [-0.2, 0) is 28.5 Å². The molecule has 1 saturated carbocycles. The van der Waals surface area contributed by atoms with E-state index in [1.54, 1.807) is 0 Å². The van der Waals surface area contributed by atoms with Crippen molar-refractivity contribution in [3.8, 4) is 5.75 Å². The van der Waals surface area contributed by atoms with Gasteiger partial charge >= 0.3 is 5.97 Å². The lowest BCUT2D eigenvalue weighted by Gasteiger charge is -2.30. The fraction of sp³-hybridized carbons (Fsp3) is 0.719. The van der Waals surface area contributed by atoms with Gasteiger partial charge in [0.05, 0.1) is 24.6 Å². The largest absolute Gasteiger partial charge is 0.491 e. The Hall–Kier alpha value is -1.62. The molecule has 3 heterocycles. The van der Waals surface area contributed by atoms with Gasteiger partial charge in [0, 0.05) is 25.6 Å². The van der Waals surface area contributed by atoms with Crippen LogP contribution in [0.25, 0.3) is 0 Å². The molecule has 0 bridgehead atoms. The molecule has 1 aromatic carbocycles. The smallest absolute Gasteiger partial charge is 0.313 e. The van der Waals surface area contributed by atoms with Crippen molar-refractivity contribution in [2.45, 2.75) is 88.7 Å². The van der Waals surface area contributed by atoms with E-state index in [1.807, 2.05) is 30.3 Å². The number of fused-ring (bicyclic) bond motifs is 1. The monoisotopic (exact) mass is 590 g/mol. The first kappa shape index (κ1) is 30.8. The Morgan fingerprint density at radius 2 is 1.78 bits per heavy atom. The van der Waals surface area contributed by atoms with Crippen molar-refractivity contribution >= 4 is 17.7 Å². The Balaban J connectivity index is 1.27. The predicted molar refractivity (Wildman–Crippen MR) is 157 cm³/mol. The Kier molecular flexibility index (Phi) is 12.2. The van der Waals surface area contributed by atoms with Gasteiger partial charge in [-0.3, -0.25) is 4.79 Å². The molecule has 4 aliphatic rings. The number of benzene rings is 1. The molecule has 0 aromatic heterocycles. The van der Waals surface area contributed by atoms with Crippen molar-refractivity contribution in [2.75, 3.05) is 37.9 Å². The maximum atomic E-state index is 11.0. The number of carboxylic acids is 1. The summed E-state index contributed by atoms with van der Waals surface area (Å²) in [6, 6.07) is 9.84. The van der Waals surface area contributed by atoms with Crippen molar-refractivity contribution in [2.24, 2.45) is 17.8 Å². The van der Waals surface area contributed by atoms with E-state index in [1.165, 1.54) is 11.8 Å². The Bertz CT molecular complexity index is 933. The van der Waals surface area contributed by atoms with Gasteiger partial charge in [-0.25, -0.2) is 0 Å². The molecule has 8 atom stereocenters. The van der Waals surface area contributed by atoms with Crippen LogP contribution < -0.4 is 4.74 Å². The zero-order valence-electron chi connectivity index (χ0n) is 24.0. The van der Waals surface area contributed by atoms with E-state index >= 15 is 0 Å². The molecule has 3 saturated heterocycles. The van der Waals surface area contributed by atoms with Crippen molar-refractivity contribution in [3.05, 3.63) is 42.5 Å². The summed E-state index contributed by atoms with van der Waals surface area (Å²) in [6.07, 6.45) is 13.1. The van der Waals surface area contributed by atoms with E-state index in [9.17, 15) is 4.79 Å². The highest BCUT2D eigenvalue weighted by molar-refractivity contribution is 7.99. The molecule has 3 aliphatic heterocycles. The van der Waals surface area contributed by atoms with Crippen LogP contribution in [0.3, 0.4) is 0 Å².